The fourth-order valence-corrected chi connectivity index (χ4v) is 2.50. The van der Waals surface area contributed by atoms with Gasteiger partial charge >= 0.3 is 0 Å². The number of hydrogen-bond donors (Lipinski definition) is 0. The van der Waals surface area contributed by atoms with Gasteiger partial charge in [-0.15, -0.1) is 0 Å². The van der Waals surface area contributed by atoms with Gasteiger partial charge in [-0.25, -0.2) is 0 Å². The molecule has 0 aliphatic rings. The molecule has 0 amide bonds. The second-order valence-electron chi connectivity index (χ2n) is 2.49. The summed E-state index contributed by atoms with van der Waals surface area (Å²) in [5.74, 6) is 0. The zero-order chi connectivity index (χ0) is 9.68. The molecule has 4 heteroatoms. The first kappa shape index (κ1) is 11.5. The molecule has 0 radical (unpaired) electrons. The Kier molecular flexibility index (Phi) is 5.27. The van der Waals surface area contributed by atoms with Gasteiger partial charge in [0.2, 0.25) is 0 Å². The van der Waals surface area contributed by atoms with E-state index in [1.165, 1.54) is 5.56 Å². The Balaban J connectivity index is 2.59. The number of halogens is 2. The van der Waals surface area contributed by atoms with E-state index in [0.29, 0.717) is 8.81 Å². The van der Waals surface area contributed by atoms with Crippen molar-refractivity contribution < 1.29 is 4.52 Å². The molecule has 0 spiro atoms. The van der Waals surface area contributed by atoms with Crippen molar-refractivity contribution in [1.29, 1.82) is 0 Å². The van der Waals surface area contributed by atoms with Gasteiger partial charge in [-0.2, -0.15) is 0 Å². The van der Waals surface area contributed by atoms with Crippen LogP contribution in [0, 0.1) is 0 Å². The zero-order valence-electron chi connectivity index (χ0n) is 7.31. The number of hydrogen-bond acceptors (Lipinski definition) is 1. The highest BCUT2D eigenvalue weighted by Crippen LogP contribution is 2.27. The third-order valence-corrected chi connectivity index (χ3v) is 3.54. The molecular weight excluding hydrogens is 270 g/mol. The van der Waals surface area contributed by atoms with E-state index in [2.05, 4.69) is 15.9 Å². The van der Waals surface area contributed by atoms with Crippen LogP contribution in [0.1, 0.15) is 12.5 Å². The van der Waals surface area contributed by atoms with Crippen LogP contribution in [0.5, 0.6) is 0 Å². The van der Waals surface area contributed by atoms with Crippen LogP contribution in [-0.2, 0) is 10.7 Å². The average molecular weight is 282 g/mol. The van der Waals surface area contributed by atoms with E-state index in [9.17, 15) is 0 Å². The average Bonchev–Trinajstić information content (AvgIpc) is 2.11. The summed E-state index contributed by atoms with van der Waals surface area (Å²) in [6.07, 6.45) is 0.926. The van der Waals surface area contributed by atoms with Crippen molar-refractivity contribution in [1.82, 2.24) is 0 Å². The van der Waals surface area contributed by atoms with Gasteiger partial charge in [0.15, 0.2) is 0 Å². The predicted octanol–water partition coefficient (Wildman–Crippen LogP) is 4.23. The molecule has 1 aromatic rings. The summed E-state index contributed by atoms with van der Waals surface area (Å²) in [6.45, 7) is 2.77. The molecule has 0 heterocycles. The van der Waals surface area contributed by atoms with Crippen molar-refractivity contribution in [2.45, 2.75) is 13.1 Å². The van der Waals surface area contributed by atoms with Crippen LogP contribution in [0.2, 0.25) is 5.02 Å². The van der Waals surface area contributed by atoms with Crippen molar-refractivity contribution in [3.8, 4) is 0 Å². The predicted molar refractivity (Wildman–Crippen MR) is 62.8 cm³/mol. The highest BCUT2D eigenvalue weighted by molar-refractivity contribution is 9.10. The van der Waals surface area contributed by atoms with E-state index in [4.69, 9.17) is 16.1 Å². The molecule has 0 bridgehead atoms. The van der Waals surface area contributed by atoms with Crippen molar-refractivity contribution in [3.63, 3.8) is 0 Å². The Morgan fingerprint density at radius 2 is 2.31 bits per heavy atom. The van der Waals surface area contributed by atoms with Crippen LogP contribution >= 0.6 is 36.3 Å². The molecule has 0 saturated carbocycles. The van der Waals surface area contributed by atoms with E-state index in [1.807, 2.05) is 25.1 Å². The molecule has 1 unspecified atom stereocenters. The van der Waals surface area contributed by atoms with Gasteiger partial charge in [-0.3, -0.25) is 0 Å². The van der Waals surface area contributed by atoms with E-state index < -0.39 is 0 Å². The second-order valence-corrected chi connectivity index (χ2v) is 4.71. The van der Waals surface area contributed by atoms with Crippen LogP contribution in [-0.4, -0.2) is 6.61 Å². The van der Waals surface area contributed by atoms with Crippen LogP contribution in [0.3, 0.4) is 0 Å². The summed E-state index contributed by atoms with van der Waals surface area (Å²) in [7, 11) is 0.514. The topological polar surface area (TPSA) is 9.23 Å². The molecule has 1 aromatic carbocycles. The molecule has 1 rings (SSSR count). The molecule has 72 valence electrons. The number of rotatable bonds is 4. The third kappa shape index (κ3) is 3.95. The normalized spacial score (nSPS) is 11.3. The first-order valence-electron chi connectivity index (χ1n) is 4.02. The fraction of sp³-hybridized carbons (Fsp3) is 0.333. The lowest BCUT2D eigenvalue weighted by Crippen LogP contribution is -1.83. The smallest absolute Gasteiger partial charge is 0.0477 e. The van der Waals surface area contributed by atoms with E-state index in [0.717, 1.165) is 22.3 Å². The van der Waals surface area contributed by atoms with Crippen LogP contribution in [0.15, 0.2) is 22.7 Å². The van der Waals surface area contributed by atoms with Gasteiger partial charge in [-0.1, -0.05) is 27.5 Å². The molecule has 0 saturated heterocycles. The molecule has 0 aromatic heterocycles. The van der Waals surface area contributed by atoms with Crippen LogP contribution in [0.25, 0.3) is 0 Å². The highest BCUT2D eigenvalue weighted by atomic mass is 79.9. The molecule has 0 N–H and O–H groups in total. The quantitative estimate of drug-likeness (QED) is 0.593. The second kappa shape index (κ2) is 5.98. The first-order chi connectivity index (χ1) is 6.24. The summed E-state index contributed by atoms with van der Waals surface area (Å²) in [4.78, 5) is 0. The molecule has 13 heavy (non-hydrogen) atoms. The monoisotopic (exact) mass is 280 g/mol. The Bertz CT molecular complexity index is 280. The van der Waals surface area contributed by atoms with E-state index in [-0.39, 0.29) is 0 Å². The summed E-state index contributed by atoms with van der Waals surface area (Å²) in [5.41, 5.74) is 1.21. The molecule has 1 nitrogen and oxygen atoms in total. The van der Waals surface area contributed by atoms with E-state index in [1.54, 1.807) is 0 Å². The van der Waals surface area contributed by atoms with Gasteiger partial charge in [0.1, 0.15) is 0 Å². The summed E-state index contributed by atoms with van der Waals surface area (Å²) >= 11 is 9.34. The lowest BCUT2D eigenvalue weighted by atomic mass is 10.2. The third-order valence-electron chi connectivity index (χ3n) is 1.52. The van der Waals surface area contributed by atoms with Crippen molar-refractivity contribution >= 4 is 36.3 Å². The lowest BCUT2D eigenvalue weighted by molar-refractivity contribution is 0.389. The van der Waals surface area contributed by atoms with Crippen molar-refractivity contribution in [3.05, 3.63) is 33.3 Å². The Morgan fingerprint density at radius 1 is 1.54 bits per heavy atom. The lowest BCUT2D eigenvalue weighted by Gasteiger charge is -2.04. The Morgan fingerprint density at radius 3 is 3.00 bits per heavy atom. The Hall–Kier alpha value is 0.380. The summed E-state index contributed by atoms with van der Waals surface area (Å²) in [5, 5.41) is 0.777. The fourth-order valence-electron chi connectivity index (χ4n) is 0.910. The molecular formula is C9H11BrClOP. The summed E-state index contributed by atoms with van der Waals surface area (Å²) < 4.78 is 6.40. The molecule has 0 aliphatic heterocycles. The van der Waals surface area contributed by atoms with Crippen molar-refractivity contribution in [2.24, 2.45) is 0 Å². The van der Waals surface area contributed by atoms with Gasteiger partial charge in [-0.05, 0) is 30.7 Å². The molecule has 1 atom stereocenters. The SMILES string of the molecule is CCOPCc1cc(Cl)ccc1Br. The summed E-state index contributed by atoms with van der Waals surface area (Å²) in [6, 6.07) is 5.81. The zero-order valence-corrected chi connectivity index (χ0v) is 10.7. The largest absolute Gasteiger partial charge is 0.362 e. The van der Waals surface area contributed by atoms with Gasteiger partial charge in [0.25, 0.3) is 0 Å². The minimum absolute atomic E-state index is 0.514. The van der Waals surface area contributed by atoms with Crippen LogP contribution < -0.4 is 0 Å². The highest BCUT2D eigenvalue weighted by Gasteiger charge is 2.00. The van der Waals surface area contributed by atoms with Gasteiger partial charge in [0.05, 0.1) is 0 Å². The van der Waals surface area contributed by atoms with Gasteiger partial charge < -0.3 is 4.52 Å². The Labute approximate surface area is 93.8 Å². The van der Waals surface area contributed by atoms with E-state index >= 15 is 0 Å². The molecule has 0 aliphatic carbocycles. The minimum Gasteiger partial charge on any atom is -0.362 e. The van der Waals surface area contributed by atoms with Gasteiger partial charge in [0, 0.05) is 31.1 Å². The number of benzene rings is 1. The maximum atomic E-state index is 5.87. The van der Waals surface area contributed by atoms with Crippen molar-refractivity contribution in [2.75, 3.05) is 6.61 Å². The maximum absolute atomic E-state index is 5.87. The minimum atomic E-state index is 0.514. The first-order valence-corrected chi connectivity index (χ1v) is 6.31. The van der Waals surface area contributed by atoms with Crippen LogP contribution in [0.4, 0.5) is 0 Å². The maximum Gasteiger partial charge on any atom is 0.0477 e. The molecule has 0 fully saturated rings. The standard InChI is InChI=1S/C9H11BrClOP/c1-2-12-13-6-7-5-8(11)3-4-9(7)10/h3-5,13H,2,6H2,1H3.